The Morgan fingerprint density at radius 2 is 2.25 bits per heavy atom. The molecule has 1 unspecified atom stereocenters. The summed E-state index contributed by atoms with van der Waals surface area (Å²) >= 11 is 0. The number of benzene rings is 1. The van der Waals surface area contributed by atoms with Crippen LogP contribution in [0, 0.1) is 0 Å². The van der Waals surface area contributed by atoms with E-state index < -0.39 is 0 Å². The fourth-order valence-corrected chi connectivity index (χ4v) is 2.75. The number of anilines is 1. The molecule has 3 rings (SSSR count). The first-order valence-electron chi connectivity index (χ1n) is 7.74. The number of hydrogen-bond donors (Lipinski definition) is 1. The van der Waals surface area contributed by atoms with E-state index in [1.165, 1.54) is 6.20 Å². The van der Waals surface area contributed by atoms with Crippen LogP contribution in [0.25, 0.3) is 0 Å². The summed E-state index contributed by atoms with van der Waals surface area (Å²) < 4.78 is 10.8. The topological polar surface area (TPSA) is 90.6 Å². The molecule has 1 atom stereocenters. The number of aromatic nitrogens is 2. The fraction of sp³-hybridized carbons (Fsp3) is 0.353. The molecule has 0 radical (unpaired) electrons. The highest BCUT2D eigenvalue weighted by molar-refractivity contribution is 5.94. The van der Waals surface area contributed by atoms with Gasteiger partial charge in [0, 0.05) is 31.6 Å². The molecule has 0 bridgehead atoms. The lowest BCUT2D eigenvalue weighted by molar-refractivity contribution is -0.0245. The van der Waals surface area contributed by atoms with Gasteiger partial charge in [0.2, 0.25) is 0 Å². The van der Waals surface area contributed by atoms with Gasteiger partial charge in [-0.2, -0.15) is 0 Å². The number of nitrogens with zero attached hydrogens (tertiary/aromatic N) is 3. The third-order valence-corrected chi connectivity index (χ3v) is 3.90. The maximum atomic E-state index is 12.8. The molecule has 1 aliphatic rings. The zero-order valence-corrected chi connectivity index (χ0v) is 13.5. The van der Waals surface area contributed by atoms with Crippen molar-refractivity contribution in [1.29, 1.82) is 0 Å². The van der Waals surface area contributed by atoms with Crippen LogP contribution in [0.3, 0.4) is 0 Å². The van der Waals surface area contributed by atoms with Gasteiger partial charge in [-0.1, -0.05) is 12.1 Å². The van der Waals surface area contributed by atoms with Crippen LogP contribution in [-0.2, 0) is 16.1 Å². The Morgan fingerprint density at radius 3 is 3.04 bits per heavy atom. The van der Waals surface area contributed by atoms with E-state index in [0.717, 1.165) is 5.56 Å². The molecule has 1 saturated heterocycles. The third kappa shape index (κ3) is 3.52. The number of hydrogen-bond acceptors (Lipinski definition) is 6. The first-order chi connectivity index (χ1) is 11.7. The summed E-state index contributed by atoms with van der Waals surface area (Å²) in [6.45, 7) is 1.84. The number of ether oxygens (including phenoxy) is 2. The predicted octanol–water partition coefficient (Wildman–Crippen LogP) is 1.42. The highest BCUT2D eigenvalue weighted by Gasteiger charge is 2.28. The molecule has 2 N–H and O–H groups in total. The minimum atomic E-state index is -0.362. The van der Waals surface area contributed by atoms with Crippen LogP contribution in [0.1, 0.15) is 27.7 Å². The largest absolute Gasteiger partial charge is 0.382 e. The van der Waals surface area contributed by atoms with E-state index in [4.69, 9.17) is 15.2 Å². The highest BCUT2D eigenvalue weighted by atomic mass is 16.5. The molecule has 1 aromatic carbocycles. The van der Waals surface area contributed by atoms with Crippen LogP contribution < -0.4 is 5.73 Å². The van der Waals surface area contributed by atoms with Crippen molar-refractivity contribution in [3.8, 4) is 0 Å². The maximum Gasteiger partial charge on any atom is 0.254 e. The lowest BCUT2D eigenvalue weighted by Gasteiger charge is -2.33. The van der Waals surface area contributed by atoms with Crippen LogP contribution in [0.15, 0.2) is 36.7 Å². The van der Waals surface area contributed by atoms with Crippen molar-refractivity contribution in [3.05, 3.63) is 53.5 Å². The van der Waals surface area contributed by atoms with E-state index in [2.05, 4.69) is 9.97 Å². The van der Waals surface area contributed by atoms with E-state index >= 15 is 0 Å². The number of carbonyl (C=O) groups is 1. The molecule has 2 aromatic rings. The first kappa shape index (κ1) is 16.4. The second-order valence-electron chi connectivity index (χ2n) is 5.57. The number of nitrogens with two attached hydrogens (primary N) is 1. The Hall–Kier alpha value is -2.51. The lowest BCUT2D eigenvalue weighted by Crippen LogP contribution is -2.42. The molecule has 1 fully saturated rings. The van der Waals surface area contributed by atoms with Gasteiger partial charge in [0.25, 0.3) is 5.91 Å². The Kier molecular flexibility index (Phi) is 5.02. The molecule has 7 nitrogen and oxygen atoms in total. The zero-order valence-electron chi connectivity index (χ0n) is 13.5. The Bertz CT molecular complexity index is 722. The summed E-state index contributed by atoms with van der Waals surface area (Å²) in [6, 6.07) is 7.46. The molecule has 7 heteroatoms. The van der Waals surface area contributed by atoms with E-state index in [0.29, 0.717) is 43.4 Å². The second-order valence-corrected chi connectivity index (χ2v) is 5.57. The monoisotopic (exact) mass is 328 g/mol. The summed E-state index contributed by atoms with van der Waals surface area (Å²) in [4.78, 5) is 22.8. The van der Waals surface area contributed by atoms with Gasteiger partial charge in [-0.3, -0.25) is 9.78 Å². The van der Waals surface area contributed by atoms with E-state index in [1.807, 2.05) is 24.3 Å². The SMILES string of the molecule is COCc1cccc(C(=O)N2CCOC(c3nccnc3N)C2)c1. The van der Waals surface area contributed by atoms with Crippen LogP contribution in [0.4, 0.5) is 5.82 Å². The van der Waals surface area contributed by atoms with E-state index in [-0.39, 0.29) is 12.0 Å². The van der Waals surface area contributed by atoms with Crippen LogP contribution in [0.5, 0.6) is 0 Å². The fourth-order valence-electron chi connectivity index (χ4n) is 2.75. The smallest absolute Gasteiger partial charge is 0.254 e. The summed E-state index contributed by atoms with van der Waals surface area (Å²) in [5.74, 6) is 0.294. The molecular weight excluding hydrogens is 308 g/mol. The van der Waals surface area contributed by atoms with Crippen molar-refractivity contribution in [2.24, 2.45) is 0 Å². The van der Waals surface area contributed by atoms with Gasteiger partial charge < -0.3 is 20.1 Å². The van der Waals surface area contributed by atoms with Crippen LogP contribution in [-0.4, -0.2) is 47.6 Å². The zero-order chi connectivity index (χ0) is 16.9. The second kappa shape index (κ2) is 7.37. The first-order valence-corrected chi connectivity index (χ1v) is 7.74. The highest BCUT2D eigenvalue weighted by Crippen LogP contribution is 2.24. The molecular formula is C17H20N4O3. The number of methoxy groups -OCH3 is 1. The third-order valence-electron chi connectivity index (χ3n) is 3.90. The molecule has 2 heterocycles. The lowest BCUT2D eigenvalue weighted by atomic mass is 10.1. The maximum absolute atomic E-state index is 12.8. The van der Waals surface area contributed by atoms with Gasteiger partial charge >= 0.3 is 0 Å². The molecule has 126 valence electrons. The number of rotatable bonds is 4. The number of nitrogen functional groups attached to an aromatic ring is 1. The molecule has 0 aliphatic carbocycles. The van der Waals surface area contributed by atoms with Gasteiger partial charge in [0.15, 0.2) is 0 Å². The average molecular weight is 328 g/mol. The summed E-state index contributed by atoms with van der Waals surface area (Å²) in [7, 11) is 1.63. The van der Waals surface area contributed by atoms with Crippen molar-refractivity contribution >= 4 is 11.7 Å². The molecule has 24 heavy (non-hydrogen) atoms. The molecule has 0 spiro atoms. The normalized spacial score (nSPS) is 17.7. The molecule has 0 saturated carbocycles. The van der Waals surface area contributed by atoms with Gasteiger partial charge in [-0.05, 0) is 17.7 Å². The van der Waals surface area contributed by atoms with Gasteiger partial charge in [-0.15, -0.1) is 0 Å². The van der Waals surface area contributed by atoms with Crippen molar-refractivity contribution in [1.82, 2.24) is 14.9 Å². The van der Waals surface area contributed by atoms with Crippen molar-refractivity contribution < 1.29 is 14.3 Å². The van der Waals surface area contributed by atoms with Crippen LogP contribution in [0.2, 0.25) is 0 Å². The minimum Gasteiger partial charge on any atom is -0.382 e. The summed E-state index contributed by atoms with van der Waals surface area (Å²) in [5.41, 5.74) is 8.04. The molecule has 1 amide bonds. The van der Waals surface area contributed by atoms with E-state index in [9.17, 15) is 4.79 Å². The Balaban J connectivity index is 1.76. The van der Waals surface area contributed by atoms with Crippen molar-refractivity contribution in [2.75, 3.05) is 32.5 Å². The van der Waals surface area contributed by atoms with Crippen molar-refractivity contribution in [3.63, 3.8) is 0 Å². The Labute approximate surface area is 140 Å². The quantitative estimate of drug-likeness (QED) is 0.913. The average Bonchev–Trinajstić information content (AvgIpc) is 2.62. The summed E-state index contributed by atoms with van der Waals surface area (Å²) in [6.07, 6.45) is 2.74. The van der Waals surface area contributed by atoms with Crippen molar-refractivity contribution in [2.45, 2.75) is 12.7 Å². The van der Waals surface area contributed by atoms with Gasteiger partial charge in [0.1, 0.15) is 17.6 Å². The standard InChI is InChI=1S/C17H20N4O3/c1-23-11-12-3-2-4-13(9-12)17(22)21-7-8-24-14(10-21)15-16(18)20-6-5-19-15/h2-6,9,14H,7-8,10-11H2,1H3,(H2,18,20). The number of amides is 1. The Morgan fingerprint density at radius 1 is 1.42 bits per heavy atom. The molecule has 1 aliphatic heterocycles. The van der Waals surface area contributed by atoms with Gasteiger partial charge in [0.05, 0.1) is 19.8 Å². The minimum absolute atomic E-state index is 0.0382. The molecule has 1 aromatic heterocycles. The van der Waals surface area contributed by atoms with Gasteiger partial charge in [-0.25, -0.2) is 4.98 Å². The summed E-state index contributed by atoms with van der Waals surface area (Å²) in [5, 5.41) is 0. The number of morpholine rings is 1. The van der Waals surface area contributed by atoms with E-state index in [1.54, 1.807) is 18.2 Å². The number of carbonyl (C=O) groups excluding carboxylic acids is 1. The predicted molar refractivity (Wildman–Crippen MR) is 88.2 cm³/mol. The van der Waals surface area contributed by atoms with Crippen LogP contribution >= 0.6 is 0 Å².